The van der Waals surface area contributed by atoms with Crippen LogP contribution in [0.2, 0.25) is 0 Å². The second-order valence-corrected chi connectivity index (χ2v) is 9.20. The Kier molecular flexibility index (Phi) is 3.82. The zero-order chi connectivity index (χ0) is 17.9. The molecule has 0 spiro atoms. The third kappa shape index (κ3) is 2.57. The number of benzene rings is 1. The molecule has 1 aromatic rings. The van der Waals surface area contributed by atoms with E-state index in [0.717, 1.165) is 49.8 Å². The smallest absolute Gasteiger partial charge is 0.227 e. The first-order chi connectivity index (χ1) is 12.6. The van der Waals surface area contributed by atoms with Gasteiger partial charge < -0.3 is 15.2 Å². The molecule has 5 aliphatic carbocycles. The number of nitrogens with one attached hydrogen (secondary N) is 1. The van der Waals surface area contributed by atoms with Gasteiger partial charge in [-0.25, -0.2) is 0 Å². The van der Waals surface area contributed by atoms with Crippen LogP contribution < -0.4 is 10.1 Å². The molecule has 0 aromatic heterocycles. The average Bonchev–Trinajstić information content (AvgIpc) is 2.62. The van der Waals surface area contributed by atoms with Crippen LogP contribution >= 0.6 is 0 Å². The van der Waals surface area contributed by atoms with Crippen LogP contribution in [0, 0.1) is 17.8 Å². The van der Waals surface area contributed by atoms with E-state index in [1.54, 1.807) is 7.11 Å². The van der Waals surface area contributed by atoms with Gasteiger partial charge in [-0.1, -0.05) is 12.1 Å². The molecule has 4 saturated carbocycles. The molecule has 4 nitrogen and oxygen atoms in total. The second kappa shape index (κ2) is 5.98. The van der Waals surface area contributed by atoms with E-state index >= 15 is 0 Å². The molecule has 3 unspecified atom stereocenters. The van der Waals surface area contributed by atoms with Gasteiger partial charge in [-0.15, -0.1) is 0 Å². The van der Waals surface area contributed by atoms with Crippen molar-refractivity contribution >= 4 is 5.91 Å². The van der Waals surface area contributed by atoms with E-state index in [1.807, 2.05) is 12.1 Å². The Morgan fingerprint density at radius 1 is 1.23 bits per heavy atom. The maximum atomic E-state index is 13.2. The molecule has 26 heavy (non-hydrogen) atoms. The zero-order valence-corrected chi connectivity index (χ0v) is 15.5. The topological polar surface area (TPSA) is 58.6 Å². The van der Waals surface area contributed by atoms with Crippen molar-refractivity contribution in [2.45, 2.75) is 68.9 Å². The monoisotopic (exact) mass is 355 g/mol. The molecule has 4 fully saturated rings. The Labute approximate surface area is 155 Å². The van der Waals surface area contributed by atoms with E-state index in [2.05, 4.69) is 11.4 Å². The molecule has 0 heterocycles. The summed E-state index contributed by atoms with van der Waals surface area (Å²) in [6, 6.07) is 6.36. The van der Waals surface area contributed by atoms with Crippen molar-refractivity contribution in [3.63, 3.8) is 0 Å². The summed E-state index contributed by atoms with van der Waals surface area (Å²) >= 11 is 0. The highest BCUT2D eigenvalue weighted by atomic mass is 16.5. The molecular formula is C22H29NO3. The number of ether oxygens (including phenoxy) is 1. The van der Waals surface area contributed by atoms with Gasteiger partial charge in [0.2, 0.25) is 5.91 Å². The van der Waals surface area contributed by atoms with Gasteiger partial charge in [0.25, 0.3) is 0 Å². The highest BCUT2D eigenvalue weighted by molar-refractivity contribution is 5.85. The minimum atomic E-state index is -0.442. The van der Waals surface area contributed by atoms with Crippen LogP contribution in [0.4, 0.5) is 0 Å². The number of carbonyl (C=O) groups is 1. The van der Waals surface area contributed by atoms with Crippen molar-refractivity contribution in [1.29, 1.82) is 0 Å². The number of hydrogen-bond acceptors (Lipinski definition) is 3. The van der Waals surface area contributed by atoms with Crippen LogP contribution in [0.1, 0.15) is 62.0 Å². The predicted molar refractivity (Wildman–Crippen MR) is 99.1 cm³/mol. The molecular weight excluding hydrogens is 326 g/mol. The summed E-state index contributed by atoms with van der Waals surface area (Å²) in [7, 11) is 1.71. The highest BCUT2D eigenvalue weighted by Crippen LogP contribution is 2.55. The molecule has 2 N–H and O–H groups in total. The Morgan fingerprint density at radius 3 is 2.69 bits per heavy atom. The fourth-order valence-electron chi connectivity index (χ4n) is 6.76. The lowest BCUT2D eigenvalue weighted by Crippen LogP contribution is -2.62. The zero-order valence-electron chi connectivity index (χ0n) is 15.5. The quantitative estimate of drug-likeness (QED) is 0.876. The van der Waals surface area contributed by atoms with Crippen LogP contribution in [-0.4, -0.2) is 29.8 Å². The Morgan fingerprint density at radius 2 is 2.00 bits per heavy atom. The van der Waals surface area contributed by atoms with Crippen LogP contribution in [0.5, 0.6) is 5.75 Å². The van der Waals surface area contributed by atoms with E-state index < -0.39 is 5.60 Å². The summed E-state index contributed by atoms with van der Waals surface area (Å²) in [5.41, 5.74) is 1.92. The van der Waals surface area contributed by atoms with Gasteiger partial charge in [0.15, 0.2) is 0 Å². The number of hydrogen-bond donors (Lipinski definition) is 2. The number of amides is 1. The predicted octanol–water partition coefficient (Wildman–Crippen LogP) is 3.17. The molecule has 0 aliphatic heterocycles. The van der Waals surface area contributed by atoms with Gasteiger partial charge in [0, 0.05) is 6.04 Å². The van der Waals surface area contributed by atoms with Gasteiger partial charge >= 0.3 is 0 Å². The van der Waals surface area contributed by atoms with Gasteiger partial charge in [-0.05, 0) is 86.3 Å². The molecule has 0 radical (unpaired) electrons. The normalized spacial score (nSPS) is 40.2. The van der Waals surface area contributed by atoms with Crippen LogP contribution in [0.15, 0.2) is 18.2 Å². The van der Waals surface area contributed by atoms with Gasteiger partial charge in [-0.2, -0.15) is 0 Å². The number of aliphatic hydroxyl groups is 1. The fraction of sp³-hybridized carbons (Fsp3) is 0.682. The summed E-state index contributed by atoms with van der Waals surface area (Å²) in [5, 5.41) is 14.2. The number of carbonyl (C=O) groups excluding carboxylic acids is 1. The van der Waals surface area contributed by atoms with E-state index in [0.29, 0.717) is 17.8 Å². The highest BCUT2D eigenvalue weighted by Gasteiger charge is 2.55. The molecule has 4 heteroatoms. The first-order valence-electron chi connectivity index (χ1n) is 10.2. The summed E-state index contributed by atoms with van der Waals surface area (Å²) in [6.07, 6.45) is 8.03. The van der Waals surface area contributed by atoms with Crippen molar-refractivity contribution in [2.75, 3.05) is 7.11 Å². The van der Waals surface area contributed by atoms with Crippen molar-refractivity contribution in [2.24, 2.45) is 17.8 Å². The largest absolute Gasteiger partial charge is 0.496 e. The first-order valence-corrected chi connectivity index (χ1v) is 10.2. The molecule has 3 atom stereocenters. The molecule has 1 aromatic carbocycles. The minimum absolute atomic E-state index is 0.0610. The number of methoxy groups -OCH3 is 1. The molecule has 1 amide bonds. The Balaban J connectivity index is 1.36. The van der Waals surface area contributed by atoms with Gasteiger partial charge in [-0.3, -0.25) is 4.79 Å². The Bertz CT molecular complexity index is 714. The first kappa shape index (κ1) is 16.6. The number of rotatable bonds is 3. The van der Waals surface area contributed by atoms with Crippen LogP contribution in [0.3, 0.4) is 0 Å². The second-order valence-electron chi connectivity index (χ2n) is 9.20. The van der Waals surface area contributed by atoms with E-state index in [4.69, 9.17) is 4.74 Å². The molecule has 5 aliphatic rings. The third-order valence-electron chi connectivity index (χ3n) is 7.55. The van der Waals surface area contributed by atoms with Crippen molar-refractivity contribution in [3.05, 3.63) is 29.3 Å². The maximum Gasteiger partial charge on any atom is 0.227 e. The van der Waals surface area contributed by atoms with Crippen molar-refractivity contribution < 1.29 is 14.6 Å². The number of fused-ring (bicyclic) bond motifs is 1. The van der Waals surface area contributed by atoms with Crippen LogP contribution in [-0.2, 0) is 11.2 Å². The van der Waals surface area contributed by atoms with E-state index in [-0.39, 0.29) is 17.9 Å². The molecule has 6 rings (SSSR count). The van der Waals surface area contributed by atoms with Gasteiger partial charge in [0.1, 0.15) is 5.75 Å². The Hall–Kier alpha value is -1.55. The lowest BCUT2D eigenvalue weighted by Gasteiger charge is -2.58. The van der Waals surface area contributed by atoms with E-state index in [9.17, 15) is 9.90 Å². The fourth-order valence-corrected chi connectivity index (χ4v) is 6.76. The summed E-state index contributed by atoms with van der Waals surface area (Å²) in [6.45, 7) is 0. The summed E-state index contributed by atoms with van der Waals surface area (Å²) < 4.78 is 5.52. The molecule has 140 valence electrons. The van der Waals surface area contributed by atoms with Gasteiger partial charge in [0.05, 0.1) is 18.6 Å². The summed E-state index contributed by atoms with van der Waals surface area (Å²) in [5.74, 6) is 2.63. The molecule has 0 saturated heterocycles. The summed E-state index contributed by atoms with van der Waals surface area (Å²) in [4.78, 5) is 13.2. The third-order valence-corrected chi connectivity index (χ3v) is 7.55. The molecule has 4 bridgehead atoms. The average molecular weight is 355 g/mol. The van der Waals surface area contributed by atoms with Crippen molar-refractivity contribution in [3.8, 4) is 5.75 Å². The van der Waals surface area contributed by atoms with Crippen molar-refractivity contribution in [1.82, 2.24) is 5.32 Å². The van der Waals surface area contributed by atoms with E-state index in [1.165, 1.54) is 18.4 Å². The minimum Gasteiger partial charge on any atom is -0.496 e. The standard InChI is InChI=1S/C22H29NO3/c1-26-19-7-3-4-16-17(19)5-2-6-18(16)21(24)23-20-14-8-13-9-15(20)12-22(25,10-13)11-14/h3-4,7,13-15,18,20,25H,2,5-6,8-12H2,1H3,(H,23,24). The SMILES string of the molecule is COc1cccc2c1CCCC2C(=O)NC1C2CC3CC1CC(O)(C3)C2. The lowest BCUT2D eigenvalue weighted by atomic mass is 9.52. The lowest BCUT2D eigenvalue weighted by molar-refractivity contribution is -0.147. The van der Waals surface area contributed by atoms with Crippen LogP contribution in [0.25, 0.3) is 0 Å². The maximum absolute atomic E-state index is 13.2.